The molecule has 2 aromatic heterocycles. The molecular formula is C20H28F3N5O3. The Labute approximate surface area is 178 Å². The molecule has 0 aromatic carbocycles. The lowest BCUT2D eigenvalue weighted by Crippen LogP contribution is -2.75. The van der Waals surface area contributed by atoms with E-state index in [1.165, 1.54) is 12.1 Å². The topological polar surface area (TPSA) is 81.9 Å². The van der Waals surface area contributed by atoms with Gasteiger partial charge in [-0.05, 0) is 26.8 Å². The number of hydrogen-bond acceptors (Lipinski definition) is 6. The van der Waals surface area contributed by atoms with Gasteiger partial charge in [-0.3, -0.25) is 0 Å². The number of hydrogen-bond donors (Lipinski definition) is 0. The van der Waals surface area contributed by atoms with Gasteiger partial charge in [-0.15, -0.1) is 15.3 Å². The minimum atomic E-state index is -4.69. The Balaban J connectivity index is 1.85. The molecule has 3 rings (SSSR count). The van der Waals surface area contributed by atoms with Crippen molar-refractivity contribution in [2.45, 2.75) is 72.4 Å². The Bertz CT molecular complexity index is 978. The summed E-state index contributed by atoms with van der Waals surface area (Å²) in [6.07, 6.45) is -5.57. The van der Waals surface area contributed by atoms with Gasteiger partial charge >= 0.3 is 12.3 Å². The molecule has 0 spiro atoms. The number of ether oxygens (including phenoxy) is 2. The summed E-state index contributed by atoms with van der Waals surface area (Å²) in [7, 11) is 1.68. The molecule has 1 saturated carbocycles. The van der Waals surface area contributed by atoms with Gasteiger partial charge in [-0.2, -0.15) is 17.7 Å². The van der Waals surface area contributed by atoms with Gasteiger partial charge in [-0.1, -0.05) is 27.7 Å². The lowest BCUT2D eigenvalue weighted by molar-refractivity contribution is -0.201. The van der Waals surface area contributed by atoms with Crippen LogP contribution < -0.4 is 4.74 Å². The summed E-state index contributed by atoms with van der Waals surface area (Å²) in [5.74, 6) is -1.20. The normalized spacial score (nSPS) is 22.7. The lowest BCUT2D eigenvalue weighted by Gasteiger charge is -2.64. The zero-order chi connectivity index (χ0) is 23.6. The number of rotatable bonds is 3. The van der Waals surface area contributed by atoms with Gasteiger partial charge in [0.2, 0.25) is 5.88 Å². The molecular weight excluding hydrogens is 415 g/mol. The predicted octanol–water partition coefficient (Wildman–Crippen LogP) is 4.19. The average Bonchev–Trinajstić information content (AvgIpc) is 3.00. The number of halogens is 3. The minimum Gasteiger partial charge on any atom is -0.472 e. The maximum Gasteiger partial charge on any atom is 0.453 e. The van der Waals surface area contributed by atoms with E-state index in [2.05, 4.69) is 15.3 Å². The molecule has 0 saturated heterocycles. The van der Waals surface area contributed by atoms with E-state index in [1.807, 2.05) is 27.7 Å². The number of carbonyl (C=O) groups is 1. The fraction of sp³-hybridized carbons (Fsp3) is 0.700. The minimum absolute atomic E-state index is 0.0160. The summed E-state index contributed by atoms with van der Waals surface area (Å²) in [6, 6.07) is 2.60. The highest BCUT2D eigenvalue weighted by atomic mass is 19.4. The van der Waals surface area contributed by atoms with Crippen LogP contribution in [0.3, 0.4) is 0 Å². The molecule has 11 heteroatoms. The van der Waals surface area contributed by atoms with E-state index in [4.69, 9.17) is 9.47 Å². The number of alkyl halides is 3. The van der Waals surface area contributed by atoms with Gasteiger partial charge in [0.1, 0.15) is 11.7 Å². The molecule has 1 aliphatic rings. The standard InChI is InChI=1S/C20H28F3N5O3/c1-17(2,3)31-16(29)27(8)13-18(4,5)14(19(13,6)7)30-12-10-9-11-24-25-15(20(21,22)23)28(11)26-12/h9-10,13-14H,1-8H3/t13-,14-. The molecule has 2 heterocycles. The highest BCUT2D eigenvalue weighted by molar-refractivity contribution is 5.69. The summed E-state index contributed by atoms with van der Waals surface area (Å²) in [4.78, 5) is 14.2. The summed E-state index contributed by atoms with van der Waals surface area (Å²) >= 11 is 0. The summed E-state index contributed by atoms with van der Waals surface area (Å²) < 4.78 is 51.6. The van der Waals surface area contributed by atoms with E-state index in [9.17, 15) is 18.0 Å². The van der Waals surface area contributed by atoms with Crippen LogP contribution in [0, 0.1) is 10.8 Å². The SMILES string of the molecule is CN(C(=O)OC(C)(C)C)[C@H]1C(C)(C)[C@H](Oc2ccc3nnc(C(F)(F)F)n3n2)C1(C)C. The van der Waals surface area contributed by atoms with Crippen LogP contribution in [0.5, 0.6) is 5.88 Å². The van der Waals surface area contributed by atoms with Crippen LogP contribution in [0.4, 0.5) is 18.0 Å². The smallest absolute Gasteiger partial charge is 0.453 e. The zero-order valence-corrected chi connectivity index (χ0v) is 18.9. The number of carbonyl (C=O) groups excluding carboxylic acids is 1. The van der Waals surface area contributed by atoms with Crippen LogP contribution in [0.25, 0.3) is 5.65 Å². The van der Waals surface area contributed by atoms with Gasteiger partial charge < -0.3 is 14.4 Å². The molecule has 0 aliphatic heterocycles. The summed E-state index contributed by atoms with van der Waals surface area (Å²) in [6.45, 7) is 13.1. The largest absolute Gasteiger partial charge is 0.472 e. The van der Waals surface area contributed by atoms with Crippen LogP contribution >= 0.6 is 0 Å². The van der Waals surface area contributed by atoms with Gasteiger partial charge in [0.15, 0.2) is 5.65 Å². The number of amides is 1. The fourth-order valence-corrected chi connectivity index (χ4v) is 4.98. The first-order valence-corrected chi connectivity index (χ1v) is 9.88. The third kappa shape index (κ3) is 4.01. The van der Waals surface area contributed by atoms with Crippen molar-refractivity contribution in [3.8, 4) is 5.88 Å². The Hall–Kier alpha value is -2.59. The molecule has 0 unspecified atom stereocenters. The Morgan fingerprint density at radius 3 is 2.19 bits per heavy atom. The van der Waals surface area contributed by atoms with Crippen molar-refractivity contribution < 1.29 is 27.4 Å². The average molecular weight is 443 g/mol. The first-order chi connectivity index (χ1) is 14.0. The maximum absolute atomic E-state index is 13.1. The Kier molecular flexibility index (Phi) is 5.18. The quantitative estimate of drug-likeness (QED) is 0.708. The molecule has 0 radical (unpaired) electrons. The van der Waals surface area contributed by atoms with Crippen LogP contribution in [0.15, 0.2) is 12.1 Å². The van der Waals surface area contributed by atoms with Gasteiger partial charge in [0.25, 0.3) is 5.82 Å². The predicted molar refractivity (Wildman–Crippen MR) is 106 cm³/mol. The second-order valence-electron chi connectivity index (χ2n) is 10.1. The van der Waals surface area contributed by atoms with Crippen molar-refractivity contribution in [2.24, 2.45) is 10.8 Å². The third-order valence-corrected chi connectivity index (χ3v) is 5.56. The van der Waals surface area contributed by atoms with Crippen molar-refractivity contribution in [3.05, 3.63) is 18.0 Å². The molecule has 172 valence electrons. The molecule has 0 atom stereocenters. The Morgan fingerprint density at radius 2 is 1.68 bits per heavy atom. The van der Waals surface area contributed by atoms with E-state index in [-0.39, 0.29) is 17.6 Å². The molecule has 1 amide bonds. The van der Waals surface area contributed by atoms with Crippen LogP contribution in [0.1, 0.15) is 54.3 Å². The summed E-state index contributed by atoms with van der Waals surface area (Å²) in [5, 5.41) is 10.6. The van der Waals surface area contributed by atoms with Crippen molar-refractivity contribution in [3.63, 3.8) is 0 Å². The first-order valence-electron chi connectivity index (χ1n) is 9.88. The molecule has 31 heavy (non-hydrogen) atoms. The fourth-order valence-electron chi connectivity index (χ4n) is 4.98. The summed E-state index contributed by atoms with van der Waals surface area (Å²) in [5.41, 5.74) is -1.71. The van der Waals surface area contributed by atoms with Crippen molar-refractivity contribution in [2.75, 3.05) is 7.05 Å². The highest BCUT2D eigenvalue weighted by Gasteiger charge is 2.66. The van der Waals surface area contributed by atoms with E-state index in [0.717, 1.165) is 0 Å². The van der Waals surface area contributed by atoms with Gasteiger partial charge in [0, 0.05) is 23.9 Å². The maximum atomic E-state index is 13.1. The Morgan fingerprint density at radius 1 is 1.10 bits per heavy atom. The second-order valence-corrected chi connectivity index (χ2v) is 10.1. The van der Waals surface area contributed by atoms with Crippen LogP contribution in [-0.2, 0) is 10.9 Å². The third-order valence-electron chi connectivity index (χ3n) is 5.56. The van der Waals surface area contributed by atoms with Crippen molar-refractivity contribution in [1.29, 1.82) is 0 Å². The van der Waals surface area contributed by atoms with E-state index in [0.29, 0.717) is 4.52 Å². The van der Waals surface area contributed by atoms with Gasteiger partial charge in [-0.25, -0.2) is 4.79 Å². The number of nitrogens with zero attached hydrogens (tertiary/aromatic N) is 5. The number of fused-ring (bicyclic) bond motifs is 1. The monoisotopic (exact) mass is 443 g/mol. The molecule has 0 N–H and O–H groups in total. The van der Waals surface area contributed by atoms with E-state index < -0.39 is 40.6 Å². The molecule has 0 bridgehead atoms. The molecule has 8 nitrogen and oxygen atoms in total. The lowest BCUT2D eigenvalue weighted by atomic mass is 9.49. The first kappa shape index (κ1) is 23.1. The van der Waals surface area contributed by atoms with Crippen molar-refractivity contribution in [1.82, 2.24) is 24.7 Å². The highest BCUT2D eigenvalue weighted by Crippen LogP contribution is 2.57. The van der Waals surface area contributed by atoms with Crippen LogP contribution in [0.2, 0.25) is 0 Å². The molecule has 1 aliphatic carbocycles. The second kappa shape index (κ2) is 6.96. The molecule has 1 fully saturated rings. The van der Waals surface area contributed by atoms with Crippen molar-refractivity contribution >= 4 is 11.7 Å². The zero-order valence-electron chi connectivity index (χ0n) is 18.9. The van der Waals surface area contributed by atoms with Gasteiger partial charge in [0.05, 0.1) is 6.04 Å². The van der Waals surface area contributed by atoms with E-state index >= 15 is 0 Å². The number of aromatic nitrogens is 4. The van der Waals surface area contributed by atoms with Crippen LogP contribution in [-0.4, -0.2) is 55.6 Å². The van der Waals surface area contributed by atoms with E-state index in [1.54, 1.807) is 32.7 Å². The molecule has 2 aromatic rings.